The molecule has 0 aromatic heterocycles. The highest BCUT2D eigenvalue weighted by atomic mass is 32.2. The van der Waals surface area contributed by atoms with Gasteiger partial charge in [-0.15, -0.1) is 0 Å². The zero-order valence-electron chi connectivity index (χ0n) is 36.7. The molecular formula is C51H54FN5O8S. The van der Waals surface area contributed by atoms with Gasteiger partial charge in [-0.3, -0.25) is 19.2 Å². The molecule has 2 aliphatic heterocycles. The number of ketones is 1. The Morgan fingerprint density at radius 2 is 1.44 bits per heavy atom. The van der Waals surface area contributed by atoms with Gasteiger partial charge in [0.05, 0.1) is 18.0 Å². The van der Waals surface area contributed by atoms with E-state index in [1.807, 2.05) is 42.1 Å². The number of benzene rings is 5. The number of anilines is 1. The lowest BCUT2D eigenvalue weighted by Gasteiger charge is -2.16. The maximum absolute atomic E-state index is 15.2. The first-order chi connectivity index (χ1) is 32.1. The third kappa shape index (κ3) is 13.4. The second kappa shape index (κ2) is 23.5. The molecule has 2 saturated heterocycles. The Labute approximate surface area is 387 Å². The molecule has 0 spiro atoms. The zero-order valence-corrected chi connectivity index (χ0v) is 37.5. The molecule has 7 rings (SSSR count). The first-order valence-electron chi connectivity index (χ1n) is 22.2. The molecular weight excluding hydrogens is 862 g/mol. The van der Waals surface area contributed by atoms with Crippen LogP contribution in [0.3, 0.4) is 0 Å². The summed E-state index contributed by atoms with van der Waals surface area (Å²) in [5.41, 5.74) is 3.67. The van der Waals surface area contributed by atoms with Gasteiger partial charge >= 0.3 is 12.0 Å². The molecule has 15 heteroatoms. The van der Waals surface area contributed by atoms with Crippen molar-refractivity contribution in [2.45, 2.75) is 62.5 Å². The van der Waals surface area contributed by atoms with Crippen LogP contribution in [-0.4, -0.2) is 85.5 Å². The second-order valence-corrected chi connectivity index (χ2v) is 17.5. The molecule has 13 nitrogen and oxygen atoms in total. The van der Waals surface area contributed by atoms with E-state index < -0.39 is 23.6 Å². The van der Waals surface area contributed by atoms with Crippen molar-refractivity contribution in [1.82, 2.24) is 21.3 Å². The van der Waals surface area contributed by atoms with Gasteiger partial charge in [0.15, 0.2) is 19.0 Å². The Morgan fingerprint density at radius 3 is 2.12 bits per heavy atom. The number of unbranched alkanes of at least 4 members (excludes halogenated alkanes) is 2. The van der Waals surface area contributed by atoms with Crippen molar-refractivity contribution in [1.29, 1.82) is 0 Å². The van der Waals surface area contributed by atoms with Crippen LogP contribution >= 0.6 is 11.8 Å². The topological polar surface area (TPSA) is 173 Å². The number of thioether (sulfide) groups is 1. The summed E-state index contributed by atoms with van der Waals surface area (Å²) in [4.78, 5) is 62.3. The Hall–Kier alpha value is -6.71. The van der Waals surface area contributed by atoms with Gasteiger partial charge in [-0.1, -0.05) is 67.4 Å². The van der Waals surface area contributed by atoms with E-state index in [0.717, 1.165) is 43.5 Å². The van der Waals surface area contributed by atoms with Gasteiger partial charge in [-0.25, -0.2) is 9.18 Å². The summed E-state index contributed by atoms with van der Waals surface area (Å²) in [5, 5.41) is 15.5. The number of rotatable bonds is 23. The largest absolute Gasteiger partial charge is 0.484 e. The van der Waals surface area contributed by atoms with Crippen LogP contribution in [-0.2, 0) is 25.7 Å². The molecule has 5 aromatic rings. The third-order valence-corrected chi connectivity index (χ3v) is 12.9. The maximum atomic E-state index is 15.2. The van der Waals surface area contributed by atoms with Crippen molar-refractivity contribution in [2.75, 3.05) is 43.9 Å². The normalized spacial score (nSPS) is 16.6. The van der Waals surface area contributed by atoms with Crippen molar-refractivity contribution in [3.8, 4) is 22.6 Å². The number of urea groups is 1. The summed E-state index contributed by atoms with van der Waals surface area (Å²) < 4.78 is 31.9. The zero-order chi connectivity index (χ0) is 46.3. The highest BCUT2D eigenvalue weighted by Crippen LogP contribution is 2.33. The highest BCUT2D eigenvalue weighted by molar-refractivity contribution is 8.00. The number of ether oxygens (including phenoxy) is 3. The van der Waals surface area contributed by atoms with Crippen LogP contribution in [0, 0.1) is 5.82 Å². The molecule has 2 heterocycles. The van der Waals surface area contributed by atoms with E-state index in [2.05, 4.69) is 26.6 Å². The summed E-state index contributed by atoms with van der Waals surface area (Å²) in [6.45, 7) is 3.41. The predicted octanol–water partition coefficient (Wildman–Crippen LogP) is 7.40. The average molecular weight is 916 g/mol. The van der Waals surface area contributed by atoms with Crippen LogP contribution in [0.4, 0.5) is 14.9 Å². The summed E-state index contributed by atoms with van der Waals surface area (Å²) in [6, 6.07) is 34.2. The van der Waals surface area contributed by atoms with Gasteiger partial charge in [0.2, 0.25) is 0 Å². The SMILES string of the molecule is CC(C(=O)OCc1ccccc1)c1ccc(-c2ccc(NC(=O)COc3ccc(C(=O)c4ccc(OCC(=O)NCCNCCCCCC5SCC6NC(=O)NC65)cc4)cc3)cc2)c(F)c1. The molecule has 5 aromatic carbocycles. The van der Waals surface area contributed by atoms with Crippen molar-refractivity contribution in [3.05, 3.63) is 149 Å². The first-order valence-corrected chi connectivity index (χ1v) is 23.2. The fourth-order valence-corrected chi connectivity index (χ4v) is 9.25. The van der Waals surface area contributed by atoms with Crippen LogP contribution in [0.1, 0.15) is 65.6 Å². The number of carbonyl (C=O) groups excluding carboxylic acids is 5. The minimum atomic E-state index is -0.651. The summed E-state index contributed by atoms with van der Waals surface area (Å²) in [6.07, 6.45) is 4.39. The summed E-state index contributed by atoms with van der Waals surface area (Å²) >= 11 is 1.94. The molecule has 5 N–H and O–H groups in total. The van der Waals surface area contributed by atoms with Gasteiger partial charge in [-0.05, 0) is 110 Å². The number of hydrogen-bond donors (Lipinski definition) is 5. The molecule has 4 atom stereocenters. The fourth-order valence-electron chi connectivity index (χ4n) is 7.71. The average Bonchev–Trinajstić information content (AvgIpc) is 3.90. The van der Waals surface area contributed by atoms with Crippen LogP contribution in [0.15, 0.2) is 121 Å². The van der Waals surface area contributed by atoms with E-state index >= 15 is 4.39 Å². The molecule has 2 fully saturated rings. The van der Waals surface area contributed by atoms with Crippen LogP contribution in [0.5, 0.6) is 11.5 Å². The molecule has 4 amide bonds. The van der Waals surface area contributed by atoms with Gasteiger partial charge in [-0.2, -0.15) is 11.8 Å². The van der Waals surface area contributed by atoms with Crippen molar-refractivity contribution >= 4 is 47.0 Å². The summed E-state index contributed by atoms with van der Waals surface area (Å²) in [5.74, 6) is -0.605. The molecule has 66 heavy (non-hydrogen) atoms. The Kier molecular flexibility index (Phi) is 16.8. The second-order valence-electron chi connectivity index (χ2n) is 16.2. The molecule has 2 aliphatic rings. The number of nitrogens with one attached hydrogen (secondary N) is 5. The van der Waals surface area contributed by atoms with Crippen LogP contribution in [0.2, 0.25) is 0 Å². The molecule has 0 saturated carbocycles. The number of carbonyl (C=O) groups is 5. The lowest BCUT2D eigenvalue weighted by atomic mass is 9.97. The molecule has 4 unspecified atom stereocenters. The van der Waals surface area contributed by atoms with E-state index in [1.165, 1.54) is 6.07 Å². The highest BCUT2D eigenvalue weighted by Gasteiger charge is 2.42. The minimum absolute atomic E-state index is 0.0456. The molecule has 0 radical (unpaired) electrons. The van der Waals surface area contributed by atoms with E-state index in [9.17, 15) is 24.0 Å². The Balaban J connectivity index is 0.753. The number of fused-ring (bicyclic) bond motifs is 1. The van der Waals surface area contributed by atoms with E-state index in [-0.39, 0.29) is 49.6 Å². The van der Waals surface area contributed by atoms with E-state index in [1.54, 1.807) is 91.9 Å². The number of esters is 1. The number of hydrogen-bond acceptors (Lipinski definition) is 10. The monoisotopic (exact) mass is 915 g/mol. The van der Waals surface area contributed by atoms with Crippen molar-refractivity contribution < 1.29 is 42.6 Å². The number of halogens is 1. The minimum Gasteiger partial charge on any atom is -0.484 e. The molecule has 0 bridgehead atoms. The quantitative estimate of drug-likeness (QED) is 0.0193. The standard InChI is InChI=1S/C51H54FN5O8S/c1-33(50(61)65-29-34-8-4-2-5-9-34)38-17-24-42(43(52)28-38)35-11-18-39(19-12-35)55-47(59)31-64-41-22-15-37(16-23-41)49(60)36-13-20-40(21-14-36)63-30-46(58)54-27-26-53-25-7-3-6-10-45-48-44(32-66-45)56-51(62)57-48/h2,4-5,8-9,11-24,28,33,44-45,48,53H,3,6-7,10,25-27,29-32H2,1H3,(H,54,58)(H,55,59)(H2,56,57,62). The molecule has 0 aliphatic carbocycles. The lowest BCUT2D eigenvalue weighted by Crippen LogP contribution is -2.36. The molecule has 344 valence electrons. The summed E-state index contributed by atoms with van der Waals surface area (Å²) in [7, 11) is 0. The van der Waals surface area contributed by atoms with E-state index in [0.29, 0.717) is 63.3 Å². The third-order valence-electron chi connectivity index (χ3n) is 11.4. The first kappa shape index (κ1) is 47.3. The van der Waals surface area contributed by atoms with Gasteiger partial charge < -0.3 is 40.8 Å². The van der Waals surface area contributed by atoms with Crippen LogP contribution < -0.4 is 36.1 Å². The number of amides is 4. The van der Waals surface area contributed by atoms with Gasteiger partial charge in [0.1, 0.15) is 23.9 Å². The smallest absolute Gasteiger partial charge is 0.315 e. The van der Waals surface area contributed by atoms with Gasteiger partial charge in [0, 0.05) is 46.5 Å². The fraction of sp³-hybridized carbons (Fsp3) is 0.314. The van der Waals surface area contributed by atoms with Crippen molar-refractivity contribution in [2.24, 2.45) is 0 Å². The van der Waals surface area contributed by atoms with Crippen LogP contribution in [0.25, 0.3) is 11.1 Å². The van der Waals surface area contributed by atoms with E-state index in [4.69, 9.17) is 14.2 Å². The Bertz CT molecular complexity index is 2440. The van der Waals surface area contributed by atoms with Gasteiger partial charge in [0.25, 0.3) is 11.8 Å². The lowest BCUT2D eigenvalue weighted by molar-refractivity contribution is -0.146. The Morgan fingerprint density at radius 1 is 0.758 bits per heavy atom. The predicted molar refractivity (Wildman–Crippen MR) is 252 cm³/mol. The maximum Gasteiger partial charge on any atom is 0.315 e. The van der Waals surface area contributed by atoms with Crippen molar-refractivity contribution in [3.63, 3.8) is 0 Å².